The zero-order valence-corrected chi connectivity index (χ0v) is 15.1. The van der Waals surface area contributed by atoms with Crippen LogP contribution in [0.3, 0.4) is 0 Å². The zero-order chi connectivity index (χ0) is 17.8. The molecule has 7 nitrogen and oxygen atoms in total. The molecule has 1 aliphatic carbocycles. The molecule has 1 saturated heterocycles. The number of tetrazole rings is 1. The van der Waals surface area contributed by atoms with E-state index in [1.54, 1.807) is 11.0 Å². The maximum atomic E-state index is 12.4. The fraction of sp³-hybridized carbons (Fsp3) is 0.579. The quantitative estimate of drug-likeness (QED) is 0.806. The van der Waals surface area contributed by atoms with E-state index < -0.39 is 0 Å². The van der Waals surface area contributed by atoms with Gasteiger partial charge >= 0.3 is 0 Å². The van der Waals surface area contributed by atoms with Gasteiger partial charge in [-0.15, -0.1) is 5.10 Å². The van der Waals surface area contributed by atoms with Crippen LogP contribution >= 0.6 is 0 Å². The van der Waals surface area contributed by atoms with Crippen LogP contribution < -0.4 is 0 Å². The van der Waals surface area contributed by atoms with Gasteiger partial charge in [0, 0.05) is 45.2 Å². The van der Waals surface area contributed by atoms with Gasteiger partial charge in [0.2, 0.25) is 5.91 Å². The summed E-state index contributed by atoms with van der Waals surface area (Å²) in [4.78, 5) is 17.0. The topological polar surface area (TPSA) is 67.2 Å². The molecule has 138 valence electrons. The number of aromatic nitrogens is 4. The van der Waals surface area contributed by atoms with Crippen molar-refractivity contribution in [1.29, 1.82) is 0 Å². The average molecular weight is 354 g/mol. The highest BCUT2D eigenvalue weighted by Gasteiger charge is 2.28. The fourth-order valence-corrected chi connectivity index (χ4v) is 4.16. The van der Waals surface area contributed by atoms with Crippen LogP contribution in [-0.2, 0) is 24.2 Å². The summed E-state index contributed by atoms with van der Waals surface area (Å²) in [5.74, 6) is 0.256. The van der Waals surface area contributed by atoms with Gasteiger partial charge in [0.05, 0.1) is 0 Å². The van der Waals surface area contributed by atoms with Gasteiger partial charge in [-0.1, -0.05) is 24.3 Å². The third kappa shape index (κ3) is 3.93. The Morgan fingerprint density at radius 1 is 1.12 bits per heavy atom. The highest BCUT2D eigenvalue weighted by Crippen LogP contribution is 2.25. The molecule has 0 N–H and O–H groups in total. The van der Waals surface area contributed by atoms with E-state index in [0.717, 1.165) is 39.0 Å². The number of nitrogens with zero attached hydrogens (tertiary/aromatic N) is 6. The average Bonchev–Trinajstić information content (AvgIpc) is 3.21. The van der Waals surface area contributed by atoms with E-state index in [2.05, 4.69) is 44.7 Å². The molecule has 1 aromatic heterocycles. The van der Waals surface area contributed by atoms with Crippen molar-refractivity contribution < 1.29 is 4.79 Å². The largest absolute Gasteiger partial charge is 0.340 e. The van der Waals surface area contributed by atoms with E-state index in [0.29, 0.717) is 19.0 Å². The lowest BCUT2D eigenvalue weighted by atomic mass is 9.87. The lowest BCUT2D eigenvalue weighted by Crippen LogP contribution is -2.53. The van der Waals surface area contributed by atoms with Gasteiger partial charge in [-0.25, -0.2) is 4.68 Å². The minimum Gasteiger partial charge on any atom is -0.340 e. The standard InChI is InChI=1S/C19H26N6O/c26-19(6-3-9-25-15-20-21-22-25)24-12-10-23(11-13-24)18-8-7-16-4-1-2-5-17(16)14-18/h1-2,4-5,15,18H,3,6-14H2. The van der Waals surface area contributed by atoms with Gasteiger partial charge in [-0.2, -0.15) is 0 Å². The summed E-state index contributed by atoms with van der Waals surface area (Å²) in [6.45, 7) is 4.38. The van der Waals surface area contributed by atoms with E-state index in [9.17, 15) is 4.79 Å². The first-order valence-corrected chi connectivity index (χ1v) is 9.59. The van der Waals surface area contributed by atoms with Crippen LogP contribution in [0.1, 0.15) is 30.4 Å². The van der Waals surface area contributed by atoms with Crippen molar-refractivity contribution in [3.05, 3.63) is 41.7 Å². The Balaban J connectivity index is 1.22. The Hall–Kier alpha value is -2.28. The summed E-state index contributed by atoms with van der Waals surface area (Å²) in [6, 6.07) is 9.45. The van der Waals surface area contributed by atoms with Gasteiger partial charge in [0.1, 0.15) is 6.33 Å². The van der Waals surface area contributed by atoms with Crippen molar-refractivity contribution in [2.75, 3.05) is 26.2 Å². The van der Waals surface area contributed by atoms with Crippen LogP contribution in [-0.4, -0.2) is 68.1 Å². The molecule has 0 radical (unpaired) electrons. The second kappa shape index (κ2) is 7.95. The van der Waals surface area contributed by atoms with Gasteiger partial charge < -0.3 is 4.90 Å². The van der Waals surface area contributed by atoms with Crippen LogP contribution in [0.4, 0.5) is 0 Å². The molecule has 0 spiro atoms. The molecule has 0 bridgehead atoms. The SMILES string of the molecule is O=C(CCCn1cnnn1)N1CCN(C2CCc3ccccc3C2)CC1. The number of hydrogen-bond acceptors (Lipinski definition) is 5. The predicted molar refractivity (Wildman–Crippen MR) is 97.5 cm³/mol. The van der Waals surface area contributed by atoms with E-state index in [1.165, 1.54) is 24.0 Å². The first-order valence-electron chi connectivity index (χ1n) is 9.59. The van der Waals surface area contributed by atoms with Crippen LogP contribution in [0.5, 0.6) is 0 Å². The number of amides is 1. The Labute approximate surface area is 154 Å². The Bertz CT molecular complexity index is 723. The molecule has 1 fully saturated rings. The van der Waals surface area contributed by atoms with Crippen molar-refractivity contribution in [1.82, 2.24) is 30.0 Å². The van der Waals surface area contributed by atoms with Crippen molar-refractivity contribution in [3.8, 4) is 0 Å². The monoisotopic (exact) mass is 354 g/mol. The minimum absolute atomic E-state index is 0.256. The summed E-state index contributed by atoms with van der Waals surface area (Å²) < 4.78 is 1.67. The zero-order valence-electron chi connectivity index (χ0n) is 15.1. The Morgan fingerprint density at radius 2 is 1.92 bits per heavy atom. The highest BCUT2D eigenvalue weighted by molar-refractivity contribution is 5.76. The second-order valence-electron chi connectivity index (χ2n) is 7.26. The molecule has 4 rings (SSSR count). The first-order chi connectivity index (χ1) is 12.8. The van der Waals surface area contributed by atoms with Crippen molar-refractivity contribution in [2.45, 2.75) is 44.7 Å². The molecule has 2 heterocycles. The summed E-state index contributed by atoms with van der Waals surface area (Å²) in [5, 5.41) is 11.0. The van der Waals surface area contributed by atoms with E-state index in [-0.39, 0.29) is 5.91 Å². The number of piperazine rings is 1. The van der Waals surface area contributed by atoms with Crippen LogP contribution in [0, 0.1) is 0 Å². The third-order valence-corrected chi connectivity index (χ3v) is 5.67. The summed E-state index contributed by atoms with van der Waals surface area (Å²) >= 11 is 0. The molecule has 1 aliphatic heterocycles. The Morgan fingerprint density at radius 3 is 2.69 bits per heavy atom. The van der Waals surface area contributed by atoms with Crippen molar-refractivity contribution >= 4 is 5.91 Å². The number of benzene rings is 1. The lowest BCUT2D eigenvalue weighted by molar-refractivity contribution is -0.133. The number of aryl methyl sites for hydroxylation is 2. The van der Waals surface area contributed by atoms with Gasteiger partial charge in [0.25, 0.3) is 0 Å². The number of fused-ring (bicyclic) bond motifs is 1. The van der Waals surface area contributed by atoms with Crippen molar-refractivity contribution in [2.24, 2.45) is 0 Å². The molecule has 2 aromatic rings. The number of rotatable bonds is 5. The number of carbonyl (C=O) groups excluding carboxylic acids is 1. The van der Waals surface area contributed by atoms with Crippen LogP contribution in [0.25, 0.3) is 0 Å². The Kier molecular flexibility index (Phi) is 5.24. The summed E-state index contributed by atoms with van der Waals surface area (Å²) in [7, 11) is 0. The van der Waals surface area contributed by atoms with E-state index in [1.807, 2.05) is 4.90 Å². The third-order valence-electron chi connectivity index (χ3n) is 5.67. The summed E-state index contributed by atoms with van der Waals surface area (Å²) in [6.07, 6.45) is 6.50. The molecule has 2 aliphatic rings. The van der Waals surface area contributed by atoms with Gasteiger partial charge in [-0.05, 0) is 47.2 Å². The normalized spacial score (nSPS) is 20.8. The lowest BCUT2D eigenvalue weighted by Gasteiger charge is -2.41. The number of hydrogen-bond donors (Lipinski definition) is 0. The van der Waals surface area contributed by atoms with Gasteiger partial charge in [0.15, 0.2) is 0 Å². The fourth-order valence-electron chi connectivity index (χ4n) is 4.16. The van der Waals surface area contributed by atoms with E-state index >= 15 is 0 Å². The van der Waals surface area contributed by atoms with Crippen molar-refractivity contribution in [3.63, 3.8) is 0 Å². The molecular formula is C19H26N6O. The predicted octanol–water partition coefficient (Wildman–Crippen LogP) is 1.16. The highest BCUT2D eigenvalue weighted by atomic mass is 16.2. The molecule has 1 aromatic carbocycles. The smallest absolute Gasteiger partial charge is 0.222 e. The van der Waals surface area contributed by atoms with Crippen LogP contribution in [0.2, 0.25) is 0 Å². The maximum Gasteiger partial charge on any atom is 0.222 e. The molecular weight excluding hydrogens is 328 g/mol. The number of carbonyl (C=O) groups is 1. The van der Waals surface area contributed by atoms with Crippen LogP contribution in [0.15, 0.2) is 30.6 Å². The second-order valence-corrected chi connectivity index (χ2v) is 7.26. The molecule has 1 amide bonds. The summed E-state index contributed by atoms with van der Waals surface area (Å²) in [5.41, 5.74) is 3.02. The van der Waals surface area contributed by atoms with Gasteiger partial charge in [-0.3, -0.25) is 9.69 Å². The minimum atomic E-state index is 0.256. The molecule has 26 heavy (non-hydrogen) atoms. The van der Waals surface area contributed by atoms with E-state index in [4.69, 9.17) is 0 Å². The molecule has 1 atom stereocenters. The first kappa shape index (κ1) is 17.1. The molecule has 1 unspecified atom stereocenters. The molecule has 0 saturated carbocycles. The maximum absolute atomic E-state index is 12.4. The molecule has 7 heteroatoms.